The maximum atomic E-state index is 10.5. The molecule has 0 bridgehead atoms. The highest BCUT2D eigenvalue weighted by atomic mass is 79.9. The van der Waals surface area contributed by atoms with Gasteiger partial charge in [-0.05, 0) is 36.2 Å². The van der Waals surface area contributed by atoms with Crippen molar-refractivity contribution < 1.29 is 4.92 Å². The Morgan fingerprint density at radius 2 is 1.89 bits per heavy atom. The van der Waals surface area contributed by atoms with Crippen molar-refractivity contribution in [2.45, 2.75) is 13.5 Å². The van der Waals surface area contributed by atoms with Crippen LogP contribution in [-0.4, -0.2) is 4.92 Å². The molecule has 0 spiro atoms. The van der Waals surface area contributed by atoms with E-state index in [9.17, 15) is 10.1 Å². The van der Waals surface area contributed by atoms with Crippen LogP contribution in [0.25, 0.3) is 0 Å². The van der Waals surface area contributed by atoms with Gasteiger partial charge >= 0.3 is 0 Å². The number of anilines is 1. The standard InChI is InChI=1S/C14H13BrN2O2/c1-10-8-11(2-7-14(10)15)9-16-12-3-5-13(6-4-12)17(18)19/h2-8,16H,9H2,1H3. The Hall–Kier alpha value is -1.88. The van der Waals surface area contributed by atoms with Crippen LogP contribution in [-0.2, 0) is 6.54 Å². The fourth-order valence-electron chi connectivity index (χ4n) is 1.72. The van der Waals surface area contributed by atoms with E-state index < -0.39 is 4.92 Å². The van der Waals surface area contributed by atoms with Crippen LogP contribution < -0.4 is 5.32 Å². The Morgan fingerprint density at radius 1 is 1.21 bits per heavy atom. The first-order valence-electron chi connectivity index (χ1n) is 5.79. The number of nitro groups is 1. The molecule has 0 aliphatic heterocycles. The summed E-state index contributed by atoms with van der Waals surface area (Å²) >= 11 is 3.46. The van der Waals surface area contributed by atoms with Gasteiger partial charge in [-0.1, -0.05) is 28.1 Å². The van der Waals surface area contributed by atoms with Gasteiger partial charge in [0.25, 0.3) is 5.69 Å². The summed E-state index contributed by atoms with van der Waals surface area (Å²) in [6, 6.07) is 12.6. The first-order valence-corrected chi connectivity index (χ1v) is 6.59. The van der Waals surface area contributed by atoms with E-state index in [1.54, 1.807) is 12.1 Å². The van der Waals surface area contributed by atoms with E-state index in [-0.39, 0.29) is 5.69 Å². The molecule has 0 aliphatic rings. The molecule has 98 valence electrons. The van der Waals surface area contributed by atoms with Gasteiger partial charge in [0.15, 0.2) is 0 Å². The molecule has 0 saturated heterocycles. The molecule has 0 atom stereocenters. The summed E-state index contributed by atoms with van der Waals surface area (Å²) in [4.78, 5) is 10.1. The number of nitrogens with zero attached hydrogens (tertiary/aromatic N) is 1. The number of nitro benzene ring substituents is 1. The van der Waals surface area contributed by atoms with Gasteiger partial charge in [-0.2, -0.15) is 0 Å². The molecular formula is C14H13BrN2O2. The summed E-state index contributed by atoms with van der Waals surface area (Å²) in [5, 5.41) is 13.8. The first kappa shape index (κ1) is 13.5. The van der Waals surface area contributed by atoms with Crippen molar-refractivity contribution >= 4 is 27.3 Å². The number of aryl methyl sites for hydroxylation is 1. The summed E-state index contributed by atoms with van der Waals surface area (Å²) in [6.07, 6.45) is 0. The van der Waals surface area contributed by atoms with Crippen molar-refractivity contribution in [3.05, 3.63) is 68.2 Å². The highest BCUT2D eigenvalue weighted by Gasteiger charge is 2.03. The van der Waals surface area contributed by atoms with Crippen LogP contribution in [0, 0.1) is 17.0 Å². The van der Waals surface area contributed by atoms with E-state index in [1.165, 1.54) is 23.3 Å². The minimum Gasteiger partial charge on any atom is -0.381 e. The van der Waals surface area contributed by atoms with Crippen molar-refractivity contribution in [3.63, 3.8) is 0 Å². The quantitative estimate of drug-likeness (QED) is 0.675. The van der Waals surface area contributed by atoms with E-state index in [4.69, 9.17) is 0 Å². The number of hydrogen-bond donors (Lipinski definition) is 1. The minimum absolute atomic E-state index is 0.102. The number of halogens is 1. The lowest BCUT2D eigenvalue weighted by atomic mass is 10.1. The summed E-state index contributed by atoms with van der Waals surface area (Å²) in [5.74, 6) is 0. The molecular weight excluding hydrogens is 308 g/mol. The lowest BCUT2D eigenvalue weighted by Crippen LogP contribution is -1.99. The molecule has 0 heterocycles. The van der Waals surface area contributed by atoms with Crippen molar-refractivity contribution in [1.82, 2.24) is 0 Å². The SMILES string of the molecule is Cc1cc(CNc2ccc([N+](=O)[O-])cc2)ccc1Br. The van der Waals surface area contributed by atoms with Crippen LogP contribution in [0.3, 0.4) is 0 Å². The molecule has 5 heteroatoms. The van der Waals surface area contributed by atoms with E-state index >= 15 is 0 Å². The second-order valence-corrected chi connectivity index (χ2v) is 5.10. The van der Waals surface area contributed by atoms with Crippen LogP contribution in [0.2, 0.25) is 0 Å². The normalized spacial score (nSPS) is 10.2. The average molecular weight is 321 g/mol. The van der Waals surface area contributed by atoms with Crippen LogP contribution in [0.15, 0.2) is 46.9 Å². The Labute approximate surface area is 119 Å². The number of non-ortho nitro benzene ring substituents is 1. The Kier molecular flexibility index (Phi) is 4.16. The first-order chi connectivity index (χ1) is 9.06. The second-order valence-electron chi connectivity index (χ2n) is 4.24. The van der Waals surface area contributed by atoms with Crippen molar-refractivity contribution in [1.29, 1.82) is 0 Å². The molecule has 0 fully saturated rings. The molecule has 19 heavy (non-hydrogen) atoms. The lowest BCUT2D eigenvalue weighted by molar-refractivity contribution is -0.384. The zero-order valence-electron chi connectivity index (χ0n) is 10.4. The third-order valence-corrected chi connectivity index (χ3v) is 3.69. The Morgan fingerprint density at radius 3 is 2.47 bits per heavy atom. The largest absolute Gasteiger partial charge is 0.381 e. The number of nitrogens with one attached hydrogen (secondary N) is 1. The van der Waals surface area contributed by atoms with E-state index in [0.717, 1.165) is 10.2 Å². The maximum Gasteiger partial charge on any atom is 0.269 e. The molecule has 1 N–H and O–H groups in total. The van der Waals surface area contributed by atoms with Crippen LogP contribution in [0.5, 0.6) is 0 Å². The van der Waals surface area contributed by atoms with Gasteiger partial charge < -0.3 is 5.32 Å². The van der Waals surface area contributed by atoms with Gasteiger partial charge in [0, 0.05) is 28.8 Å². The van der Waals surface area contributed by atoms with E-state index in [0.29, 0.717) is 6.54 Å². The summed E-state index contributed by atoms with van der Waals surface area (Å²) in [6.45, 7) is 2.73. The molecule has 0 saturated carbocycles. The van der Waals surface area contributed by atoms with E-state index in [2.05, 4.69) is 27.3 Å². The highest BCUT2D eigenvalue weighted by Crippen LogP contribution is 2.19. The van der Waals surface area contributed by atoms with Gasteiger partial charge in [0.05, 0.1) is 4.92 Å². The van der Waals surface area contributed by atoms with Gasteiger partial charge in [-0.25, -0.2) is 0 Å². The highest BCUT2D eigenvalue weighted by molar-refractivity contribution is 9.10. The molecule has 0 amide bonds. The topological polar surface area (TPSA) is 55.2 Å². The van der Waals surface area contributed by atoms with Gasteiger partial charge in [0.1, 0.15) is 0 Å². The summed E-state index contributed by atoms with van der Waals surface area (Å²) in [5.41, 5.74) is 3.32. The van der Waals surface area contributed by atoms with Gasteiger partial charge in [0.2, 0.25) is 0 Å². The Balaban J connectivity index is 2.01. The fraction of sp³-hybridized carbons (Fsp3) is 0.143. The smallest absolute Gasteiger partial charge is 0.269 e. The fourth-order valence-corrected chi connectivity index (χ4v) is 1.97. The van der Waals surface area contributed by atoms with Gasteiger partial charge in [-0.3, -0.25) is 10.1 Å². The molecule has 4 nitrogen and oxygen atoms in total. The van der Waals surface area contributed by atoms with Crippen LogP contribution in [0.1, 0.15) is 11.1 Å². The molecule has 2 rings (SSSR count). The minimum atomic E-state index is -0.401. The second kappa shape index (κ2) is 5.84. The zero-order chi connectivity index (χ0) is 13.8. The monoisotopic (exact) mass is 320 g/mol. The molecule has 2 aromatic carbocycles. The molecule has 0 unspecified atom stereocenters. The van der Waals surface area contributed by atoms with E-state index in [1.807, 2.05) is 19.1 Å². The predicted molar refractivity (Wildman–Crippen MR) is 79.3 cm³/mol. The van der Waals surface area contributed by atoms with Crippen LogP contribution >= 0.6 is 15.9 Å². The molecule has 0 radical (unpaired) electrons. The predicted octanol–water partition coefficient (Wildman–Crippen LogP) is 4.28. The summed E-state index contributed by atoms with van der Waals surface area (Å²) in [7, 11) is 0. The Bertz CT molecular complexity index is 597. The number of hydrogen-bond acceptors (Lipinski definition) is 3. The van der Waals surface area contributed by atoms with Gasteiger partial charge in [-0.15, -0.1) is 0 Å². The average Bonchev–Trinajstić information content (AvgIpc) is 2.40. The number of benzene rings is 2. The van der Waals surface area contributed by atoms with Crippen LogP contribution in [0.4, 0.5) is 11.4 Å². The lowest BCUT2D eigenvalue weighted by Gasteiger charge is -2.08. The zero-order valence-corrected chi connectivity index (χ0v) is 12.0. The molecule has 2 aromatic rings. The summed E-state index contributed by atoms with van der Waals surface area (Å²) < 4.78 is 1.09. The van der Waals surface area contributed by atoms with Crippen molar-refractivity contribution in [2.24, 2.45) is 0 Å². The maximum absolute atomic E-state index is 10.5. The third-order valence-electron chi connectivity index (χ3n) is 2.80. The number of rotatable bonds is 4. The molecule has 0 aliphatic carbocycles. The molecule has 0 aromatic heterocycles. The van der Waals surface area contributed by atoms with Crippen molar-refractivity contribution in [3.8, 4) is 0 Å². The third kappa shape index (κ3) is 3.54. The van der Waals surface area contributed by atoms with Crippen molar-refractivity contribution in [2.75, 3.05) is 5.32 Å².